The maximum Gasteiger partial charge on any atom is 0.224 e. The summed E-state index contributed by atoms with van der Waals surface area (Å²) in [7, 11) is 0. The number of hydrogen-bond donors (Lipinski definition) is 4. The van der Waals surface area contributed by atoms with Crippen LogP contribution >= 0.6 is 0 Å². The molecule has 0 amide bonds. The highest BCUT2D eigenvalue weighted by atomic mass is 16.3. The van der Waals surface area contributed by atoms with Crippen molar-refractivity contribution in [2.24, 2.45) is 5.41 Å². The van der Waals surface area contributed by atoms with Crippen LogP contribution in [0.5, 0.6) is 0 Å². The fraction of sp³-hybridized carbons (Fsp3) is 0.455. The van der Waals surface area contributed by atoms with Crippen LogP contribution in [0, 0.1) is 16.7 Å². The number of aliphatic hydroxyl groups excluding tert-OH is 1. The predicted octanol–water partition coefficient (Wildman–Crippen LogP) is 3.23. The van der Waals surface area contributed by atoms with E-state index in [0.717, 1.165) is 36.6 Å². The van der Waals surface area contributed by atoms with E-state index in [-0.39, 0.29) is 17.6 Å². The number of aromatic nitrogens is 4. The van der Waals surface area contributed by atoms with E-state index in [9.17, 15) is 10.4 Å². The Bertz CT molecular complexity index is 1070. The van der Waals surface area contributed by atoms with Gasteiger partial charge in [0, 0.05) is 30.4 Å². The van der Waals surface area contributed by atoms with E-state index in [2.05, 4.69) is 50.5 Å². The molecule has 3 aromatic rings. The third-order valence-corrected chi connectivity index (χ3v) is 5.96. The zero-order chi connectivity index (χ0) is 21.1. The van der Waals surface area contributed by atoms with Gasteiger partial charge in [0.25, 0.3) is 0 Å². The largest absolute Gasteiger partial charge is 0.393 e. The number of anilines is 2. The molecule has 156 valence electrons. The molecule has 8 heteroatoms. The molecule has 1 fully saturated rings. The minimum atomic E-state index is -0.297. The second-order valence-electron chi connectivity index (χ2n) is 8.61. The van der Waals surface area contributed by atoms with E-state index in [1.54, 1.807) is 12.4 Å². The normalized spacial score (nSPS) is 20.6. The van der Waals surface area contributed by atoms with Gasteiger partial charge in [-0.1, -0.05) is 13.8 Å². The summed E-state index contributed by atoms with van der Waals surface area (Å²) >= 11 is 0. The first-order chi connectivity index (χ1) is 14.5. The van der Waals surface area contributed by atoms with Crippen LogP contribution in [0.1, 0.15) is 44.2 Å². The Balaban J connectivity index is 1.42. The van der Waals surface area contributed by atoms with Crippen molar-refractivity contribution in [3.8, 4) is 6.07 Å². The Kier molecular flexibility index (Phi) is 5.55. The first-order valence-electron chi connectivity index (χ1n) is 10.3. The fourth-order valence-electron chi connectivity index (χ4n) is 4.15. The second kappa shape index (κ2) is 8.28. The number of nitriles is 1. The van der Waals surface area contributed by atoms with E-state index in [4.69, 9.17) is 0 Å². The Hall–Kier alpha value is -3.18. The zero-order valence-corrected chi connectivity index (χ0v) is 17.3. The Morgan fingerprint density at radius 3 is 3.00 bits per heavy atom. The van der Waals surface area contributed by atoms with Crippen molar-refractivity contribution in [1.82, 2.24) is 19.9 Å². The molecule has 1 aliphatic rings. The van der Waals surface area contributed by atoms with Gasteiger partial charge in [0.2, 0.25) is 5.95 Å². The van der Waals surface area contributed by atoms with Crippen molar-refractivity contribution in [2.45, 2.75) is 51.7 Å². The van der Waals surface area contributed by atoms with Crippen LogP contribution in [0.2, 0.25) is 0 Å². The number of nitrogens with zero attached hydrogens (tertiary/aromatic N) is 4. The van der Waals surface area contributed by atoms with Gasteiger partial charge in [0.1, 0.15) is 17.5 Å². The number of H-pyrrole nitrogens is 1. The quantitative estimate of drug-likeness (QED) is 0.496. The van der Waals surface area contributed by atoms with Crippen molar-refractivity contribution >= 4 is 22.7 Å². The van der Waals surface area contributed by atoms with Gasteiger partial charge >= 0.3 is 0 Å². The minimum Gasteiger partial charge on any atom is -0.393 e. The average Bonchev–Trinajstić information content (AvgIpc) is 3.14. The van der Waals surface area contributed by atoms with Crippen LogP contribution in [0.25, 0.3) is 10.9 Å². The Morgan fingerprint density at radius 1 is 1.33 bits per heavy atom. The Morgan fingerprint density at radius 2 is 2.20 bits per heavy atom. The minimum absolute atomic E-state index is 0.161. The number of pyridine rings is 1. The summed E-state index contributed by atoms with van der Waals surface area (Å²) in [5.41, 5.74) is 2.49. The molecular weight excluding hydrogens is 378 g/mol. The topological polar surface area (TPSA) is 123 Å². The van der Waals surface area contributed by atoms with Gasteiger partial charge in [-0.2, -0.15) is 10.2 Å². The molecule has 0 unspecified atom stereocenters. The second-order valence-corrected chi connectivity index (χ2v) is 8.61. The van der Waals surface area contributed by atoms with Gasteiger partial charge in [-0.3, -0.25) is 4.98 Å². The van der Waals surface area contributed by atoms with Gasteiger partial charge in [-0.15, -0.1) is 0 Å². The van der Waals surface area contributed by atoms with E-state index in [0.29, 0.717) is 23.9 Å². The summed E-state index contributed by atoms with van der Waals surface area (Å²) in [4.78, 5) is 16.2. The third-order valence-electron chi connectivity index (χ3n) is 5.96. The molecule has 0 radical (unpaired) electrons. The van der Waals surface area contributed by atoms with Crippen LogP contribution in [-0.2, 0) is 6.42 Å². The van der Waals surface area contributed by atoms with Crippen LogP contribution < -0.4 is 10.6 Å². The molecule has 4 rings (SSSR count). The van der Waals surface area contributed by atoms with Crippen molar-refractivity contribution in [2.75, 3.05) is 17.2 Å². The lowest BCUT2D eigenvalue weighted by Gasteiger charge is -2.40. The number of rotatable bonds is 6. The molecule has 2 atom stereocenters. The van der Waals surface area contributed by atoms with Crippen LogP contribution in [-0.4, -0.2) is 43.7 Å². The van der Waals surface area contributed by atoms with Gasteiger partial charge in [0.15, 0.2) is 0 Å². The highest BCUT2D eigenvalue weighted by molar-refractivity contribution is 5.82. The maximum absolute atomic E-state index is 10.2. The number of fused-ring (bicyclic) bond motifs is 1. The Labute approximate surface area is 175 Å². The summed E-state index contributed by atoms with van der Waals surface area (Å²) in [5, 5.41) is 27.5. The van der Waals surface area contributed by atoms with Crippen molar-refractivity contribution in [3.63, 3.8) is 0 Å². The summed E-state index contributed by atoms with van der Waals surface area (Å²) in [6, 6.07) is 4.33. The summed E-state index contributed by atoms with van der Waals surface area (Å²) in [6.45, 7) is 4.82. The standard InChI is InChI=1S/C22H27N7O/c1-22(2)9-16(3-4-19(22)30)28-20-15(10-23)12-27-21(29-20)25-8-5-14-11-26-18-13-24-7-6-17(14)18/h6-7,11-13,16,19,26,30H,3-5,8-9H2,1-2H3,(H2,25,27,28,29)/t16-,19+/m1/s1. The molecule has 3 heterocycles. The molecule has 0 bridgehead atoms. The molecule has 0 saturated heterocycles. The number of aliphatic hydroxyl groups is 1. The third kappa shape index (κ3) is 4.21. The van der Waals surface area contributed by atoms with Crippen LogP contribution in [0.4, 0.5) is 11.8 Å². The monoisotopic (exact) mass is 405 g/mol. The fourth-order valence-corrected chi connectivity index (χ4v) is 4.15. The molecule has 8 nitrogen and oxygen atoms in total. The zero-order valence-electron chi connectivity index (χ0n) is 17.3. The lowest BCUT2D eigenvalue weighted by atomic mass is 9.73. The van der Waals surface area contributed by atoms with E-state index in [1.165, 1.54) is 5.56 Å². The lowest BCUT2D eigenvalue weighted by Crippen LogP contribution is -2.41. The number of nitrogens with one attached hydrogen (secondary N) is 3. The van der Waals surface area contributed by atoms with Gasteiger partial charge in [-0.05, 0) is 42.7 Å². The molecule has 0 spiro atoms. The number of hydrogen-bond acceptors (Lipinski definition) is 7. The maximum atomic E-state index is 10.2. The van der Waals surface area contributed by atoms with E-state index >= 15 is 0 Å². The average molecular weight is 406 g/mol. The molecule has 3 aromatic heterocycles. The van der Waals surface area contributed by atoms with Gasteiger partial charge in [-0.25, -0.2) is 4.98 Å². The number of aromatic amines is 1. The predicted molar refractivity (Wildman–Crippen MR) is 116 cm³/mol. The molecule has 1 aliphatic carbocycles. The van der Waals surface area contributed by atoms with Crippen LogP contribution in [0.3, 0.4) is 0 Å². The summed E-state index contributed by atoms with van der Waals surface area (Å²) in [6.07, 6.45) is 10.1. The van der Waals surface area contributed by atoms with E-state index in [1.807, 2.05) is 18.5 Å². The summed E-state index contributed by atoms with van der Waals surface area (Å²) < 4.78 is 0. The highest BCUT2D eigenvalue weighted by Crippen LogP contribution is 2.37. The molecule has 0 aliphatic heterocycles. The molecule has 30 heavy (non-hydrogen) atoms. The molecule has 4 N–H and O–H groups in total. The lowest BCUT2D eigenvalue weighted by molar-refractivity contribution is 0.00926. The summed E-state index contributed by atoms with van der Waals surface area (Å²) in [5.74, 6) is 1.04. The SMILES string of the molecule is CC1(C)C[C@H](Nc2nc(NCCc3c[nH]c4cnccc34)ncc2C#N)CC[C@@H]1O. The van der Waals surface area contributed by atoms with Gasteiger partial charge < -0.3 is 20.7 Å². The molecule has 1 saturated carbocycles. The van der Waals surface area contributed by atoms with Crippen molar-refractivity contribution < 1.29 is 5.11 Å². The van der Waals surface area contributed by atoms with Gasteiger partial charge in [0.05, 0.1) is 24.0 Å². The van der Waals surface area contributed by atoms with Crippen LogP contribution in [0.15, 0.2) is 30.9 Å². The van der Waals surface area contributed by atoms with E-state index < -0.39 is 0 Å². The van der Waals surface area contributed by atoms with Crippen molar-refractivity contribution in [1.29, 1.82) is 5.26 Å². The smallest absolute Gasteiger partial charge is 0.224 e. The highest BCUT2D eigenvalue weighted by Gasteiger charge is 2.35. The first kappa shape index (κ1) is 20.1. The molecule has 0 aromatic carbocycles. The first-order valence-corrected chi connectivity index (χ1v) is 10.3. The van der Waals surface area contributed by atoms with Crippen molar-refractivity contribution in [3.05, 3.63) is 42.0 Å². The molecular formula is C22H27N7O.